The average Bonchev–Trinajstić information content (AvgIpc) is 2.95. The predicted molar refractivity (Wildman–Crippen MR) is 142 cm³/mol. The van der Waals surface area contributed by atoms with E-state index >= 15 is 0 Å². The van der Waals surface area contributed by atoms with E-state index < -0.39 is 0 Å². The Hall–Kier alpha value is -1.06. The summed E-state index contributed by atoms with van der Waals surface area (Å²) in [7, 11) is 0. The summed E-state index contributed by atoms with van der Waals surface area (Å²) in [5.41, 5.74) is 0. The quantitative estimate of drug-likeness (QED) is 0.345. The highest BCUT2D eigenvalue weighted by Crippen LogP contribution is 2.43. The maximum atomic E-state index is 12.9. The molecule has 0 aromatic carbocycles. The Morgan fingerprint density at radius 1 is 0.361 bits per heavy atom. The topological polar surface area (TPSA) is 52.6 Å². The summed E-state index contributed by atoms with van der Waals surface area (Å²) in [6.45, 7) is 0. The first-order valence-electron chi connectivity index (χ1n) is 16.1. The zero-order valence-electron chi connectivity index (χ0n) is 22.8. The molecule has 0 bridgehead atoms. The maximum absolute atomic E-state index is 12.9. The zero-order valence-corrected chi connectivity index (χ0v) is 22.8. The van der Waals surface area contributed by atoms with E-state index in [2.05, 4.69) is 0 Å². The van der Waals surface area contributed by atoms with Crippen LogP contribution in [0.1, 0.15) is 141 Å². The molecule has 5 aliphatic rings. The van der Waals surface area contributed by atoms with Crippen molar-refractivity contribution in [1.29, 1.82) is 0 Å². The molecule has 0 amide bonds. The molecule has 0 radical (unpaired) electrons. The number of hydrogen-bond donors (Lipinski definition) is 0. The molecule has 0 aromatic heterocycles. The molecule has 0 N–H and O–H groups in total. The summed E-state index contributed by atoms with van der Waals surface area (Å²) in [5.74, 6) is 3.79. The Bertz CT molecular complexity index is 683. The maximum Gasteiger partial charge on any atom is 0.309 e. The smallest absolute Gasteiger partial charge is 0.309 e. The standard InChI is InChI=1S/C32H52O4/c33-31(35-29-9-5-2-6-10-29)27-17-13-25(14-18-27)26-19-21-30(22-20-26)36-32(34)28-15-11-24(12-16-28)23-7-3-1-4-8-23/h23-30H,1-22H2. The highest BCUT2D eigenvalue weighted by molar-refractivity contribution is 5.73. The molecular formula is C32H52O4. The molecular weight excluding hydrogens is 448 g/mol. The normalized spacial score (nSPS) is 37.2. The molecule has 4 heteroatoms. The third-order valence-electron chi connectivity index (χ3n) is 11.0. The molecule has 5 fully saturated rings. The van der Waals surface area contributed by atoms with Crippen LogP contribution in [-0.2, 0) is 19.1 Å². The van der Waals surface area contributed by atoms with Gasteiger partial charge in [0.25, 0.3) is 0 Å². The van der Waals surface area contributed by atoms with Crippen LogP contribution in [-0.4, -0.2) is 24.1 Å². The van der Waals surface area contributed by atoms with Gasteiger partial charge in [-0.1, -0.05) is 38.5 Å². The van der Waals surface area contributed by atoms with Crippen LogP contribution in [0.15, 0.2) is 0 Å². The van der Waals surface area contributed by atoms with Gasteiger partial charge in [0.15, 0.2) is 0 Å². The fourth-order valence-electron chi connectivity index (χ4n) is 8.64. The van der Waals surface area contributed by atoms with Gasteiger partial charge in [-0.25, -0.2) is 0 Å². The Morgan fingerprint density at radius 2 is 0.694 bits per heavy atom. The van der Waals surface area contributed by atoms with Crippen molar-refractivity contribution in [3.8, 4) is 0 Å². The molecule has 5 rings (SSSR count). The van der Waals surface area contributed by atoms with Crippen LogP contribution < -0.4 is 0 Å². The Kier molecular flexibility index (Phi) is 9.69. The van der Waals surface area contributed by atoms with Crippen molar-refractivity contribution in [1.82, 2.24) is 0 Å². The SMILES string of the molecule is O=C(OC1CCC(C2CCC(C(=O)OC3CCCCC3)CC2)CC1)C1CCC(C2CCCCC2)CC1. The van der Waals surface area contributed by atoms with Crippen LogP contribution in [0.25, 0.3) is 0 Å². The number of carbonyl (C=O) groups is 2. The lowest BCUT2D eigenvalue weighted by Gasteiger charge is -2.38. The van der Waals surface area contributed by atoms with Crippen LogP contribution in [0.3, 0.4) is 0 Å². The average molecular weight is 501 g/mol. The summed E-state index contributed by atoms with van der Waals surface area (Å²) >= 11 is 0. The van der Waals surface area contributed by atoms with E-state index in [0.29, 0.717) is 0 Å². The second kappa shape index (κ2) is 13.1. The van der Waals surface area contributed by atoms with Gasteiger partial charge in [0.05, 0.1) is 11.8 Å². The molecule has 0 unspecified atom stereocenters. The second-order valence-electron chi connectivity index (χ2n) is 13.3. The minimum atomic E-state index is 0.0868. The van der Waals surface area contributed by atoms with Crippen molar-refractivity contribution in [2.45, 2.75) is 153 Å². The third kappa shape index (κ3) is 7.07. The fraction of sp³-hybridized carbons (Fsp3) is 0.938. The van der Waals surface area contributed by atoms with E-state index in [1.807, 2.05) is 0 Å². The molecule has 0 saturated heterocycles. The van der Waals surface area contributed by atoms with Crippen LogP contribution in [0.2, 0.25) is 0 Å². The molecule has 0 spiro atoms. The van der Waals surface area contributed by atoms with Gasteiger partial charge >= 0.3 is 11.9 Å². The van der Waals surface area contributed by atoms with Gasteiger partial charge in [-0.15, -0.1) is 0 Å². The number of rotatable bonds is 6. The van der Waals surface area contributed by atoms with E-state index in [0.717, 1.165) is 75.0 Å². The van der Waals surface area contributed by atoms with E-state index in [9.17, 15) is 9.59 Å². The number of hydrogen-bond acceptors (Lipinski definition) is 4. The van der Waals surface area contributed by atoms with Crippen LogP contribution in [0.5, 0.6) is 0 Å². The van der Waals surface area contributed by atoms with Gasteiger partial charge < -0.3 is 9.47 Å². The molecule has 4 nitrogen and oxygen atoms in total. The van der Waals surface area contributed by atoms with Crippen LogP contribution in [0.4, 0.5) is 0 Å². The predicted octanol–water partition coefficient (Wildman–Crippen LogP) is 8.16. The van der Waals surface area contributed by atoms with E-state index in [1.165, 1.54) is 89.9 Å². The summed E-state index contributed by atoms with van der Waals surface area (Å²) in [6, 6.07) is 0. The van der Waals surface area contributed by atoms with E-state index in [-0.39, 0.29) is 36.0 Å². The lowest BCUT2D eigenvalue weighted by Crippen LogP contribution is -2.34. The number of ether oxygens (including phenoxy) is 2. The second-order valence-corrected chi connectivity index (χ2v) is 13.3. The van der Waals surface area contributed by atoms with Crippen molar-refractivity contribution in [2.75, 3.05) is 0 Å². The molecule has 5 aliphatic carbocycles. The molecule has 204 valence electrons. The van der Waals surface area contributed by atoms with Gasteiger partial charge in [0.1, 0.15) is 12.2 Å². The minimum absolute atomic E-state index is 0.0868. The summed E-state index contributed by atoms with van der Waals surface area (Å²) in [4.78, 5) is 25.6. The number of carbonyl (C=O) groups excluding carboxylic acids is 2. The zero-order chi connectivity index (χ0) is 24.7. The Morgan fingerprint density at radius 3 is 1.14 bits per heavy atom. The van der Waals surface area contributed by atoms with Crippen molar-refractivity contribution in [3.63, 3.8) is 0 Å². The first-order chi connectivity index (χ1) is 17.7. The molecule has 0 aliphatic heterocycles. The van der Waals surface area contributed by atoms with Crippen LogP contribution >= 0.6 is 0 Å². The molecule has 0 heterocycles. The molecule has 5 saturated carbocycles. The lowest BCUT2D eigenvalue weighted by molar-refractivity contribution is -0.158. The molecule has 0 aromatic rings. The van der Waals surface area contributed by atoms with Gasteiger partial charge in [0, 0.05) is 0 Å². The summed E-state index contributed by atoms with van der Waals surface area (Å²) in [6.07, 6.45) is 26.7. The van der Waals surface area contributed by atoms with Crippen molar-refractivity contribution >= 4 is 11.9 Å². The minimum Gasteiger partial charge on any atom is -0.462 e. The van der Waals surface area contributed by atoms with Gasteiger partial charge in [-0.05, 0) is 126 Å². The lowest BCUT2D eigenvalue weighted by atomic mass is 9.70. The van der Waals surface area contributed by atoms with E-state index in [1.54, 1.807) is 0 Å². The van der Waals surface area contributed by atoms with Gasteiger partial charge in [-0.2, -0.15) is 0 Å². The van der Waals surface area contributed by atoms with Crippen molar-refractivity contribution in [3.05, 3.63) is 0 Å². The monoisotopic (exact) mass is 500 g/mol. The van der Waals surface area contributed by atoms with E-state index in [4.69, 9.17) is 9.47 Å². The van der Waals surface area contributed by atoms with Crippen molar-refractivity contribution < 1.29 is 19.1 Å². The van der Waals surface area contributed by atoms with Gasteiger partial charge in [-0.3, -0.25) is 9.59 Å². The number of esters is 2. The third-order valence-corrected chi connectivity index (χ3v) is 11.0. The molecule has 36 heavy (non-hydrogen) atoms. The largest absolute Gasteiger partial charge is 0.462 e. The first kappa shape index (κ1) is 26.5. The first-order valence-corrected chi connectivity index (χ1v) is 16.1. The Balaban J connectivity index is 0.968. The highest BCUT2D eigenvalue weighted by atomic mass is 16.5. The molecule has 0 atom stereocenters. The Labute approximate surface area is 220 Å². The summed E-state index contributed by atoms with van der Waals surface area (Å²) in [5, 5.41) is 0. The summed E-state index contributed by atoms with van der Waals surface area (Å²) < 4.78 is 11.9. The van der Waals surface area contributed by atoms with Gasteiger partial charge in [0.2, 0.25) is 0 Å². The van der Waals surface area contributed by atoms with Crippen LogP contribution in [0, 0.1) is 35.5 Å². The highest BCUT2D eigenvalue weighted by Gasteiger charge is 2.36. The fourth-order valence-corrected chi connectivity index (χ4v) is 8.64. The van der Waals surface area contributed by atoms with Crippen molar-refractivity contribution in [2.24, 2.45) is 35.5 Å².